The van der Waals surface area contributed by atoms with Crippen LogP contribution in [0.25, 0.3) is 0 Å². The van der Waals surface area contributed by atoms with Crippen LogP contribution in [0.1, 0.15) is 80.2 Å². The Morgan fingerprint density at radius 1 is 1.00 bits per heavy atom. The number of carbonyl (C=O) groups is 2. The van der Waals surface area contributed by atoms with E-state index in [4.69, 9.17) is 13.9 Å². The smallest absolute Gasteiger partial charge is 0.414 e. The van der Waals surface area contributed by atoms with E-state index in [1.54, 1.807) is 4.90 Å². The predicted octanol–water partition coefficient (Wildman–Crippen LogP) is 7.45. The van der Waals surface area contributed by atoms with Gasteiger partial charge in [0.25, 0.3) is 0 Å². The van der Waals surface area contributed by atoms with Crippen molar-refractivity contribution in [2.24, 2.45) is 11.8 Å². The summed E-state index contributed by atoms with van der Waals surface area (Å²) in [6, 6.07) is 9.52. The molecule has 1 amide bonds. The van der Waals surface area contributed by atoms with Gasteiger partial charge in [-0.3, -0.25) is 9.69 Å². The lowest BCUT2D eigenvalue weighted by Gasteiger charge is -2.52. The Hall–Kier alpha value is -2.12. The van der Waals surface area contributed by atoms with Crippen LogP contribution in [0.15, 0.2) is 42.1 Å². The molecule has 0 radical (unpaired) electrons. The van der Waals surface area contributed by atoms with Crippen LogP contribution in [0.3, 0.4) is 0 Å². The molecule has 0 unspecified atom stereocenters. The molecule has 1 aromatic carbocycles. The summed E-state index contributed by atoms with van der Waals surface area (Å²) in [5.41, 5.74) is 3.09. The van der Waals surface area contributed by atoms with Crippen molar-refractivity contribution in [3.05, 3.63) is 47.7 Å². The molecule has 0 spiro atoms. The summed E-state index contributed by atoms with van der Waals surface area (Å²) < 4.78 is 18.6. The number of piperidine rings is 1. The van der Waals surface area contributed by atoms with Crippen LogP contribution < -0.4 is 0 Å². The summed E-state index contributed by atoms with van der Waals surface area (Å²) in [6.07, 6.45) is 3.73. The summed E-state index contributed by atoms with van der Waals surface area (Å²) in [7, 11) is -2.23. The van der Waals surface area contributed by atoms with Gasteiger partial charge in [-0.25, -0.2) is 4.79 Å². The highest BCUT2D eigenvalue weighted by Crippen LogP contribution is 2.48. The molecule has 37 heavy (non-hydrogen) atoms. The van der Waals surface area contributed by atoms with Crippen molar-refractivity contribution >= 4 is 20.4 Å². The first-order chi connectivity index (χ1) is 17.5. The van der Waals surface area contributed by atoms with Gasteiger partial charge in [-0.05, 0) is 55.3 Å². The molecule has 0 saturated carbocycles. The van der Waals surface area contributed by atoms with Gasteiger partial charge < -0.3 is 13.9 Å². The summed E-state index contributed by atoms with van der Waals surface area (Å²) in [4.78, 5) is 28.5. The van der Waals surface area contributed by atoms with Gasteiger partial charge in [0, 0.05) is 11.6 Å². The monoisotopic (exact) mass is 529 g/mol. The zero-order chi connectivity index (χ0) is 27.3. The first-order valence-electron chi connectivity index (χ1n) is 14.1. The molecule has 4 atom stereocenters. The zero-order valence-electron chi connectivity index (χ0n) is 24.0. The average molecular weight is 530 g/mol. The second kappa shape index (κ2) is 12.6. The predicted molar refractivity (Wildman–Crippen MR) is 149 cm³/mol. The number of rotatable bonds is 9. The molecule has 1 aliphatic heterocycles. The highest BCUT2D eigenvalue weighted by molar-refractivity contribution is 6.77. The maximum absolute atomic E-state index is 13.7. The van der Waals surface area contributed by atoms with Gasteiger partial charge in [-0.15, -0.1) is 0 Å². The Bertz CT molecular complexity index is 923. The lowest BCUT2D eigenvalue weighted by molar-refractivity contribution is -0.151. The Labute approximate surface area is 224 Å². The quantitative estimate of drug-likeness (QED) is 0.245. The average Bonchev–Trinajstić information content (AvgIpc) is 2.85. The second-order valence-corrected chi connectivity index (χ2v) is 16.9. The Kier molecular flexibility index (Phi) is 10.0. The van der Waals surface area contributed by atoms with Crippen molar-refractivity contribution in [1.29, 1.82) is 0 Å². The van der Waals surface area contributed by atoms with Gasteiger partial charge in [0.2, 0.25) is 8.32 Å². The molecule has 0 N–H and O–H groups in total. The molecule has 1 aromatic rings. The molecule has 206 valence electrons. The van der Waals surface area contributed by atoms with Crippen molar-refractivity contribution in [2.45, 2.75) is 110 Å². The van der Waals surface area contributed by atoms with E-state index in [9.17, 15) is 9.59 Å². The Morgan fingerprint density at radius 2 is 1.62 bits per heavy atom. The molecule has 3 rings (SSSR count). The third-order valence-corrected chi connectivity index (χ3v) is 14.6. The van der Waals surface area contributed by atoms with E-state index < -0.39 is 8.32 Å². The largest absolute Gasteiger partial charge is 0.466 e. The molecule has 1 fully saturated rings. The number of hydrogen-bond donors (Lipinski definition) is 0. The lowest BCUT2D eigenvalue weighted by Crippen LogP contribution is -2.59. The molecule has 7 heteroatoms. The maximum atomic E-state index is 13.7. The number of hydrogen-bond acceptors (Lipinski definition) is 5. The van der Waals surface area contributed by atoms with Crippen molar-refractivity contribution in [3.8, 4) is 0 Å². The van der Waals surface area contributed by atoms with Crippen molar-refractivity contribution < 1.29 is 23.5 Å². The lowest BCUT2D eigenvalue weighted by atomic mass is 9.74. The number of benzene rings is 1. The van der Waals surface area contributed by atoms with E-state index >= 15 is 0 Å². The number of amides is 1. The van der Waals surface area contributed by atoms with Crippen LogP contribution >= 0.6 is 0 Å². The molecule has 1 saturated heterocycles. The van der Waals surface area contributed by atoms with Crippen molar-refractivity contribution in [3.63, 3.8) is 0 Å². The fourth-order valence-corrected chi connectivity index (χ4v) is 12.4. The van der Waals surface area contributed by atoms with E-state index in [2.05, 4.69) is 54.5 Å². The Morgan fingerprint density at radius 3 is 2.19 bits per heavy atom. The zero-order valence-corrected chi connectivity index (χ0v) is 25.0. The standard InChI is InChI=1S/C30H47NO5Si/c1-9-34-29(32)25-16-13-17-27-26(25)18-28(36-37(20(2)3,21(4)5)22(6)7)23(8)31(27)30(33)35-19-24-14-11-10-12-15-24/h10-12,14-15,17,20-23,25-26,28H,9,13,16,18-19H2,1-8H3/t23-,25+,26+,28+/m0/s1. The van der Waals surface area contributed by atoms with Crippen molar-refractivity contribution in [1.82, 2.24) is 4.90 Å². The number of ether oxygens (including phenoxy) is 2. The third-order valence-electron chi connectivity index (χ3n) is 8.46. The fourth-order valence-electron chi connectivity index (χ4n) is 6.79. The van der Waals surface area contributed by atoms with Crippen LogP contribution in [-0.4, -0.2) is 44.0 Å². The summed E-state index contributed by atoms with van der Waals surface area (Å²) in [6.45, 7) is 18.1. The van der Waals surface area contributed by atoms with E-state index in [0.29, 0.717) is 29.7 Å². The normalized spacial score (nSPS) is 24.2. The van der Waals surface area contributed by atoms with Gasteiger partial charge in [-0.1, -0.05) is 78.0 Å². The van der Waals surface area contributed by atoms with Crippen LogP contribution in [0, 0.1) is 11.8 Å². The van der Waals surface area contributed by atoms with Crippen LogP contribution in [-0.2, 0) is 25.3 Å². The van der Waals surface area contributed by atoms with E-state index in [1.807, 2.05) is 37.3 Å². The molecular formula is C30H47NO5Si. The van der Waals surface area contributed by atoms with E-state index in [1.165, 1.54) is 0 Å². The first kappa shape index (κ1) is 29.4. The molecular weight excluding hydrogens is 482 g/mol. The minimum atomic E-state index is -2.23. The van der Waals surface area contributed by atoms with Gasteiger partial charge in [0.1, 0.15) is 6.61 Å². The van der Waals surface area contributed by atoms with Crippen LogP contribution in [0.2, 0.25) is 16.6 Å². The van der Waals surface area contributed by atoms with Crippen LogP contribution in [0.5, 0.6) is 0 Å². The molecule has 0 bridgehead atoms. The van der Waals surface area contributed by atoms with Gasteiger partial charge >= 0.3 is 12.1 Å². The van der Waals surface area contributed by atoms with Crippen LogP contribution in [0.4, 0.5) is 4.79 Å². The fraction of sp³-hybridized carbons (Fsp3) is 0.667. The molecule has 2 aliphatic rings. The highest BCUT2D eigenvalue weighted by Gasteiger charge is 2.52. The maximum Gasteiger partial charge on any atom is 0.414 e. The first-order valence-corrected chi connectivity index (χ1v) is 16.2. The summed E-state index contributed by atoms with van der Waals surface area (Å²) >= 11 is 0. The summed E-state index contributed by atoms with van der Waals surface area (Å²) in [5, 5.41) is 0. The number of esters is 1. The SMILES string of the molecule is CCOC(=O)[C@@H]1CCC=C2[C@@H]1C[C@@H](O[Si](C(C)C)(C(C)C)C(C)C)[C@H](C)N2C(=O)OCc1ccccc1. The van der Waals surface area contributed by atoms with Crippen molar-refractivity contribution in [2.75, 3.05) is 6.61 Å². The number of fused-ring (bicyclic) bond motifs is 1. The van der Waals surface area contributed by atoms with E-state index in [-0.39, 0.29) is 42.7 Å². The minimum Gasteiger partial charge on any atom is -0.466 e. The topological polar surface area (TPSA) is 65.1 Å². The van der Waals surface area contributed by atoms with Gasteiger partial charge in [-0.2, -0.15) is 0 Å². The number of carbonyl (C=O) groups excluding carboxylic acids is 2. The highest BCUT2D eigenvalue weighted by atomic mass is 28.4. The van der Waals surface area contributed by atoms with E-state index in [0.717, 1.165) is 24.1 Å². The number of nitrogens with zero attached hydrogens (tertiary/aromatic N) is 1. The number of allylic oxidation sites excluding steroid dienone is 2. The number of likely N-dealkylation sites (tertiary alicyclic amines) is 1. The minimum absolute atomic E-state index is 0.128. The van der Waals surface area contributed by atoms with Gasteiger partial charge in [0.05, 0.1) is 24.7 Å². The van der Waals surface area contributed by atoms with Gasteiger partial charge in [0.15, 0.2) is 0 Å². The second-order valence-electron chi connectivity index (χ2n) is 11.5. The Balaban J connectivity index is 1.97. The molecule has 1 heterocycles. The third kappa shape index (κ3) is 6.14. The molecule has 0 aromatic heterocycles. The molecule has 6 nitrogen and oxygen atoms in total. The molecule has 1 aliphatic carbocycles. The summed E-state index contributed by atoms with van der Waals surface area (Å²) in [5.74, 6) is -0.586.